The summed E-state index contributed by atoms with van der Waals surface area (Å²) in [5, 5.41) is 5.43. The number of carbonyl (C=O) groups excluding carboxylic acids is 4. The van der Waals surface area contributed by atoms with E-state index in [1.807, 2.05) is 11.8 Å². The minimum atomic E-state index is -0.322. The number of likely N-dealkylation sites (N-methyl/N-ethyl adjacent to an activating group) is 1. The van der Waals surface area contributed by atoms with Gasteiger partial charge in [0.1, 0.15) is 0 Å². The lowest BCUT2D eigenvalue weighted by Crippen LogP contribution is -2.52. The largest absolute Gasteiger partial charge is 0.355 e. The maximum atomic E-state index is 12.4. The van der Waals surface area contributed by atoms with E-state index in [4.69, 9.17) is 0 Å². The summed E-state index contributed by atoms with van der Waals surface area (Å²) in [5.41, 5.74) is 1.24. The van der Waals surface area contributed by atoms with Crippen molar-refractivity contribution in [3.05, 3.63) is 29.8 Å². The topological polar surface area (TPSA) is 102 Å². The molecule has 2 N–H and O–H groups in total. The third-order valence-electron chi connectivity index (χ3n) is 5.38. The molecule has 0 bridgehead atoms. The smallest absolute Gasteiger partial charge is 0.251 e. The van der Waals surface area contributed by atoms with Crippen LogP contribution in [0.1, 0.15) is 30.1 Å². The van der Waals surface area contributed by atoms with Gasteiger partial charge >= 0.3 is 0 Å². The van der Waals surface area contributed by atoms with Crippen LogP contribution in [0, 0.1) is 0 Å². The highest BCUT2D eigenvalue weighted by Crippen LogP contribution is 2.21. The van der Waals surface area contributed by atoms with Crippen LogP contribution in [-0.2, 0) is 14.4 Å². The SMILES string of the molecule is CCNC(=O)CN1CCN(C(=O)CNC(=O)c2ccc(N3CCCC3=O)cc2)CC1. The molecule has 162 valence electrons. The summed E-state index contributed by atoms with van der Waals surface area (Å²) in [7, 11) is 0. The number of anilines is 1. The fourth-order valence-corrected chi connectivity index (χ4v) is 3.70. The molecule has 2 saturated heterocycles. The minimum Gasteiger partial charge on any atom is -0.355 e. The molecule has 3 rings (SSSR count). The molecule has 0 atom stereocenters. The number of hydrogen-bond donors (Lipinski definition) is 2. The highest BCUT2D eigenvalue weighted by molar-refractivity contribution is 5.98. The summed E-state index contributed by atoms with van der Waals surface area (Å²) in [6.45, 7) is 5.80. The first-order valence-electron chi connectivity index (χ1n) is 10.4. The summed E-state index contributed by atoms with van der Waals surface area (Å²) >= 11 is 0. The van der Waals surface area contributed by atoms with E-state index in [9.17, 15) is 19.2 Å². The van der Waals surface area contributed by atoms with Gasteiger partial charge in [-0.3, -0.25) is 24.1 Å². The average molecular weight is 415 g/mol. The summed E-state index contributed by atoms with van der Waals surface area (Å²) in [6.07, 6.45) is 1.41. The van der Waals surface area contributed by atoms with E-state index in [0.29, 0.717) is 57.8 Å². The predicted octanol–water partition coefficient (Wildman–Crippen LogP) is -0.176. The van der Waals surface area contributed by atoms with Gasteiger partial charge in [-0.25, -0.2) is 0 Å². The van der Waals surface area contributed by atoms with Crippen molar-refractivity contribution in [2.45, 2.75) is 19.8 Å². The molecule has 2 fully saturated rings. The Labute approximate surface area is 176 Å². The quantitative estimate of drug-likeness (QED) is 0.644. The van der Waals surface area contributed by atoms with E-state index in [1.165, 1.54) is 0 Å². The first kappa shape index (κ1) is 21.8. The fraction of sp³-hybridized carbons (Fsp3) is 0.524. The Bertz CT molecular complexity index is 787. The Morgan fingerprint density at radius 2 is 1.67 bits per heavy atom. The van der Waals surface area contributed by atoms with Crippen molar-refractivity contribution in [3.63, 3.8) is 0 Å². The predicted molar refractivity (Wildman–Crippen MR) is 112 cm³/mol. The van der Waals surface area contributed by atoms with Gasteiger partial charge in [0.25, 0.3) is 5.91 Å². The van der Waals surface area contributed by atoms with Gasteiger partial charge < -0.3 is 20.4 Å². The molecule has 30 heavy (non-hydrogen) atoms. The van der Waals surface area contributed by atoms with Gasteiger partial charge in [-0.1, -0.05) is 0 Å². The van der Waals surface area contributed by atoms with Crippen LogP contribution in [-0.4, -0.2) is 85.8 Å². The molecule has 0 radical (unpaired) electrons. The standard InChI is InChI=1S/C21H29N5O4/c1-2-22-18(27)15-24-10-12-25(13-11-24)20(29)14-23-21(30)16-5-7-17(8-6-16)26-9-3-4-19(26)28/h5-8H,2-4,9-15H2,1H3,(H,22,27)(H,23,30). The first-order valence-corrected chi connectivity index (χ1v) is 10.4. The van der Waals surface area contributed by atoms with E-state index in [1.54, 1.807) is 34.1 Å². The van der Waals surface area contributed by atoms with Gasteiger partial charge in [-0.2, -0.15) is 0 Å². The zero-order valence-electron chi connectivity index (χ0n) is 17.4. The summed E-state index contributed by atoms with van der Waals surface area (Å²) < 4.78 is 0. The molecule has 1 aromatic carbocycles. The number of hydrogen-bond acceptors (Lipinski definition) is 5. The number of rotatable bonds is 7. The molecule has 2 aliphatic heterocycles. The molecule has 1 aromatic rings. The molecule has 9 heteroatoms. The van der Waals surface area contributed by atoms with Crippen LogP contribution >= 0.6 is 0 Å². The molecule has 2 heterocycles. The van der Waals surface area contributed by atoms with E-state index >= 15 is 0 Å². The average Bonchev–Trinajstić information content (AvgIpc) is 3.18. The second-order valence-electron chi connectivity index (χ2n) is 7.49. The molecular weight excluding hydrogens is 386 g/mol. The van der Waals surface area contributed by atoms with Gasteiger partial charge in [0.05, 0.1) is 13.1 Å². The maximum absolute atomic E-state index is 12.4. The highest BCUT2D eigenvalue weighted by atomic mass is 16.2. The van der Waals surface area contributed by atoms with Gasteiger partial charge in [0, 0.05) is 56.9 Å². The molecule has 2 aliphatic rings. The van der Waals surface area contributed by atoms with Crippen molar-refractivity contribution in [1.29, 1.82) is 0 Å². The number of nitrogens with zero attached hydrogens (tertiary/aromatic N) is 3. The molecule has 0 saturated carbocycles. The Morgan fingerprint density at radius 1 is 0.967 bits per heavy atom. The molecule has 9 nitrogen and oxygen atoms in total. The summed E-state index contributed by atoms with van der Waals surface area (Å²) in [6, 6.07) is 6.85. The Balaban J connectivity index is 1.42. The van der Waals surface area contributed by atoms with Gasteiger partial charge in [0.2, 0.25) is 17.7 Å². The lowest BCUT2D eigenvalue weighted by Gasteiger charge is -2.34. The van der Waals surface area contributed by atoms with Crippen LogP contribution in [0.25, 0.3) is 0 Å². The maximum Gasteiger partial charge on any atom is 0.251 e. The van der Waals surface area contributed by atoms with E-state index in [0.717, 1.165) is 12.1 Å². The second-order valence-corrected chi connectivity index (χ2v) is 7.49. The highest BCUT2D eigenvalue weighted by Gasteiger charge is 2.23. The van der Waals surface area contributed by atoms with Crippen molar-refractivity contribution in [3.8, 4) is 0 Å². The summed E-state index contributed by atoms with van der Waals surface area (Å²) in [5.74, 6) is -0.369. The summed E-state index contributed by atoms with van der Waals surface area (Å²) in [4.78, 5) is 53.6. The zero-order valence-corrected chi connectivity index (χ0v) is 17.4. The van der Waals surface area contributed by atoms with E-state index < -0.39 is 0 Å². The van der Waals surface area contributed by atoms with Crippen molar-refractivity contribution >= 4 is 29.3 Å². The van der Waals surface area contributed by atoms with Crippen molar-refractivity contribution in [1.82, 2.24) is 20.4 Å². The molecular formula is C21H29N5O4. The molecule has 4 amide bonds. The van der Waals surface area contributed by atoms with Crippen LogP contribution in [0.5, 0.6) is 0 Å². The van der Waals surface area contributed by atoms with E-state index in [2.05, 4.69) is 10.6 Å². The second kappa shape index (κ2) is 10.2. The molecule has 0 unspecified atom stereocenters. The monoisotopic (exact) mass is 415 g/mol. The third kappa shape index (κ3) is 5.56. The van der Waals surface area contributed by atoms with E-state index in [-0.39, 0.29) is 30.2 Å². The minimum absolute atomic E-state index is 0.00958. The van der Waals surface area contributed by atoms with Crippen LogP contribution in [0.15, 0.2) is 24.3 Å². The van der Waals surface area contributed by atoms with Gasteiger partial charge in [-0.05, 0) is 37.6 Å². The number of piperazine rings is 1. The molecule has 0 spiro atoms. The molecule has 0 aromatic heterocycles. The van der Waals surface area contributed by atoms with Gasteiger partial charge in [0.15, 0.2) is 0 Å². The normalized spacial score (nSPS) is 17.2. The lowest BCUT2D eigenvalue weighted by molar-refractivity contribution is -0.132. The molecule has 0 aliphatic carbocycles. The Morgan fingerprint density at radius 3 is 2.27 bits per heavy atom. The van der Waals surface area contributed by atoms with Crippen LogP contribution in [0.4, 0.5) is 5.69 Å². The van der Waals surface area contributed by atoms with Crippen molar-refractivity contribution < 1.29 is 19.2 Å². The first-order chi connectivity index (χ1) is 14.5. The van der Waals surface area contributed by atoms with Gasteiger partial charge in [-0.15, -0.1) is 0 Å². The third-order valence-corrected chi connectivity index (χ3v) is 5.38. The Hall–Kier alpha value is -2.94. The zero-order chi connectivity index (χ0) is 21.5. The van der Waals surface area contributed by atoms with Crippen molar-refractivity contribution in [2.75, 3.05) is 57.3 Å². The van der Waals surface area contributed by atoms with Crippen LogP contribution in [0.2, 0.25) is 0 Å². The van der Waals surface area contributed by atoms with Crippen molar-refractivity contribution in [2.24, 2.45) is 0 Å². The number of carbonyl (C=O) groups is 4. The number of benzene rings is 1. The van der Waals surface area contributed by atoms with Crippen LogP contribution in [0.3, 0.4) is 0 Å². The lowest BCUT2D eigenvalue weighted by atomic mass is 10.2. The number of nitrogens with one attached hydrogen (secondary N) is 2. The fourth-order valence-electron chi connectivity index (χ4n) is 3.70. The number of amides is 4. The Kier molecular flexibility index (Phi) is 7.40. The van der Waals surface area contributed by atoms with Crippen LogP contribution < -0.4 is 15.5 Å².